The molecule has 0 N–H and O–H groups in total. The molecule has 0 unspecified atom stereocenters. The van der Waals surface area contributed by atoms with E-state index in [9.17, 15) is 4.79 Å². The Kier molecular flexibility index (Phi) is 7.59. The third kappa shape index (κ3) is 5.18. The second-order valence-corrected chi connectivity index (χ2v) is 8.17. The first kappa shape index (κ1) is 22.8. The Bertz CT molecular complexity index is 1250. The number of esters is 1. The van der Waals surface area contributed by atoms with Gasteiger partial charge in [0.15, 0.2) is 6.79 Å². The van der Waals surface area contributed by atoms with Gasteiger partial charge in [0.1, 0.15) is 5.75 Å². The number of benzene rings is 4. The number of unbranched alkanes of at least 4 members (excludes halogenated alkanes) is 2. The average Bonchev–Trinajstić information content (AvgIpc) is 2.86. The van der Waals surface area contributed by atoms with Gasteiger partial charge in [0.2, 0.25) is 0 Å². The van der Waals surface area contributed by atoms with Gasteiger partial charge in [-0.15, -0.1) is 0 Å². The van der Waals surface area contributed by atoms with Gasteiger partial charge >= 0.3 is 5.97 Å². The molecule has 4 heteroatoms. The van der Waals surface area contributed by atoms with Crippen LogP contribution in [-0.2, 0) is 20.7 Å². The van der Waals surface area contributed by atoms with Crippen molar-refractivity contribution in [2.75, 3.05) is 21.0 Å². The molecule has 0 heterocycles. The van der Waals surface area contributed by atoms with Gasteiger partial charge in [0, 0.05) is 19.1 Å². The summed E-state index contributed by atoms with van der Waals surface area (Å²) < 4.78 is 16.1. The second-order valence-electron chi connectivity index (χ2n) is 8.17. The Morgan fingerprint density at radius 2 is 1.39 bits per heavy atom. The molecule has 0 spiro atoms. The zero-order chi connectivity index (χ0) is 23.0. The number of carbonyl (C=O) groups excluding carboxylic acids is 1. The molecule has 0 radical (unpaired) electrons. The Hall–Kier alpha value is -3.37. The summed E-state index contributed by atoms with van der Waals surface area (Å²) in [6.45, 7) is 0.193. The van der Waals surface area contributed by atoms with Crippen molar-refractivity contribution >= 4 is 27.5 Å². The van der Waals surface area contributed by atoms with Gasteiger partial charge in [-0.25, -0.2) is 0 Å². The molecule has 0 fully saturated rings. The van der Waals surface area contributed by atoms with Gasteiger partial charge in [-0.3, -0.25) is 4.79 Å². The summed E-state index contributed by atoms with van der Waals surface area (Å²) in [6, 6.07) is 25.5. The van der Waals surface area contributed by atoms with Crippen LogP contribution in [0.2, 0.25) is 0 Å². The first-order chi connectivity index (χ1) is 16.2. The van der Waals surface area contributed by atoms with Crippen molar-refractivity contribution in [1.29, 1.82) is 0 Å². The van der Waals surface area contributed by atoms with Gasteiger partial charge in [0.25, 0.3) is 0 Å². The first-order valence-electron chi connectivity index (χ1n) is 11.4. The summed E-state index contributed by atoms with van der Waals surface area (Å²) in [4.78, 5) is 11.4. The lowest BCUT2D eigenvalue weighted by molar-refractivity contribution is -0.140. The lowest BCUT2D eigenvalue weighted by Gasteiger charge is -2.19. The Morgan fingerprint density at radius 1 is 0.727 bits per heavy atom. The van der Waals surface area contributed by atoms with E-state index in [1.54, 1.807) is 7.11 Å². The molecule has 4 aromatic rings. The predicted molar refractivity (Wildman–Crippen MR) is 134 cm³/mol. The summed E-state index contributed by atoms with van der Waals surface area (Å²) >= 11 is 0. The highest BCUT2D eigenvalue weighted by Gasteiger charge is 2.18. The van der Waals surface area contributed by atoms with E-state index in [0.717, 1.165) is 42.4 Å². The van der Waals surface area contributed by atoms with Crippen LogP contribution in [-0.4, -0.2) is 27.0 Å². The van der Waals surface area contributed by atoms with Crippen molar-refractivity contribution in [3.05, 3.63) is 78.4 Å². The molecule has 170 valence electrons. The van der Waals surface area contributed by atoms with Gasteiger partial charge in [0.05, 0.1) is 7.11 Å². The highest BCUT2D eigenvalue weighted by atomic mass is 16.7. The van der Waals surface area contributed by atoms with Crippen molar-refractivity contribution in [3.8, 4) is 16.9 Å². The highest BCUT2D eigenvalue weighted by Crippen LogP contribution is 2.43. The minimum absolute atomic E-state index is 0.142. The van der Waals surface area contributed by atoms with Crippen LogP contribution in [0.1, 0.15) is 31.2 Å². The monoisotopic (exact) mass is 442 g/mol. The van der Waals surface area contributed by atoms with E-state index in [1.807, 2.05) is 6.07 Å². The fraction of sp³-hybridized carbons (Fsp3) is 0.276. The molecule has 0 aliphatic carbocycles. The number of carbonyl (C=O) groups is 1. The van der Waals surface area contributed by atoms with Crippen LogP contribution in [0.25, 0.3) is 32.7 Å². The number of aryl methyl sites for hydroxylation is 1. The number of hydrogen-bond donors (Lipinski definition) is 0. The average molecular weight is 443 g/mol. The van der Waals surface area contributed by atoms with Crippen molar-refractivity contribution in [3.63, 3.8) is 0 Å². The van der Waals surface area contributed by atoms with Crippen LogP contribution in [0.4, 0.5) is 0 Å². The van der Waals surface area contributed by atoms with E-state index in [1.165, 1.54) is 34.4 Å². The molecule has 33 heavy (non-hydrogen) atoms. The summed E-state index contributed by atoms with van der Waals surface area (Å²) in [5.41, 5.74) is 3.60. The van der Waals surface area contributed by atoms with E-state index in [2.05, 4.69) is 66.7 Å². The van der Waals surface area contributed by atoms with Gasteiger partial charge in [-0.2, -0.15) is 0 Å². The molecule has 0 amide bonds. The summed E-state index contributed by atoms with van der Waals surface area (Å²) in [6.07, 6.45) is 4.21. The SMILES string of the molecule is COCOc1ccc2ccccc2c1-c1c(CCCCCC(=O)OC)ccc2ccccc12. The fourth-order valence-corrected chi connectivity index (χ4v) is 4.44. The zero-order valence-electron chi connectivity index (χ0n) is 19.3. The topological polar surface area (TPSA) is 44.8 Å². The van der Waals surface area contributed by atoms with Gasteiger partial charge < -0.3 is 14.2 Å². The normalized spacial score (nSPS) is 11.1. The van der Waals surface area contributed by atoms with Crippen LogP contribution in [0, 0.1) is 0 Å². The van der Waals surface area contributed by atoms with E-state index in [4.69, 9.17) is 14.2 Å². The van der Waals surface area contributed by atoms with E-state index >= 15 is 0 Å². The lowest BCUT2D eigenvalue weighted by Crippen LogP contribution is -2.02. The lowest BCUT2D eigenvalue weighted by atomic mass is 9.87. The second kappa shape index (κ2) is 11.0. The number of fused-ring (bicyclic) bond motifs is 2. The standard InChI is InChI=1S/C29H30O4/c1-31-20-33-26-19-18-22-11-7-9-14-25(22)29(26)28-23(12-4-3-5-15-27(30)32-2)17-16-21-10-6-8-13-24(21)28/h6-11,13-14,16-19H,3-5,12,15,20H2,1-2H3. The summed E-state index contributed by atoms with van der Waals surface area (Å²) in [7, 11) is 3.08. The molecule has 0 aliphatic rings. The molecule has 0 saturated carbocycles. The third-order valence-corrected chi connectivity index (χ3v) is 6.04. The smallest absolute Gasteiger partial charge is 0.305 e. The maximum absolute atomic E-state index is 11.4. The minimum Gasteiger partial charge on any atom is -0.469 e. The molecule has 4 aromatic carbocycles. The number of rotatable bonds is 10. The Morgan fingerprint density at radius 3 is 2.09 bits per heavy atom. The molecule has 0 aromatic heterocycles. The molecule has 0 saturated heterocycles. The first-order valence-corrected chi connectivity index (χ1v) is 11.4. The highest BCUT2D eigenvalue weighted by molar-refractivity contribution is 6.08. The predicted octanol–water partition coefficient (Wildman–Crippen LogP) is 6.92. The molecule has 0 bridgehead atoms. The maximum Gasteiger partial charge on any atom is 0.305 e. The van der Waals surface area contributed by atoms with Crippen LogP contribution >= 0.6 is 0 Å². The van der Waals surface area contributed by atoms with Crippen LogP contribution in [0.3, 0.4) is 0 Å². The van der Waals surface area contributed by atoms with E-state index in [-0.39, 0.29) is 12.8 Å². The van der Waals surface area contributed by atoms with Crippen molar-refractivity contribution in [2.24, 2.45) is 0 Å². The number of hydrogen-bond acceptors (Lipinski definition) is 4. The van der Waals surface area contributed by atoms with Crippen molar-refractivity contribution in [2.45, 2.75) is 32.1 Å². The van der Waals surface area contributed by atoms with Crippen molar-refractivity contribution < 1.29 is 19.0 Å². The van der Waals surface area contributed by atoms with Gasteiger partial charge in [-0.1, -0.05) is 73.2 Å². The van der Waals surface area contributed by atoms with Crippen LogP contribution in [0.15, 0.2) is 72.8 Å². The maximum atomic E-state index is 11.4. The van der Waals surface area contributed by atoms with Crippen LogP contribution < -0.4 is 4.74 Å². The molecular formula is C29H30O4. The molecule has 0 atom stereocenters. The van der Waals surface area contributed by atoms with E-state index in [0.29, 0.717) is 6.42 Å². The molecule has 4 rings (SSSR count). The summed E-state index contributed by atoms with van der Waals surface area (Å²) in [5.74, 6) is 0.677. The fourth-order valence-electron chi connectivity index (χ4n) is 4.44. The molecule has 4 nitrogen and oxygen atoms in total. The molecule has 0 aliphatic heterocycles. The Balaban J connectivity index is 1.80. The number of methoxy groups -OCH3 is 2. The Labute approximate surface area is 195 Å². The quantitative estimate of drug-likeness (QED) is 0.152. The van der Waals surface area contributed by atoms with Crippen molar-refractivity contribution in [1.82, 2.24) is 0 Å². The van der Waals surface area contributed by atoms with Crippen LogP contribution in [0.5, 0.6) is 5.75 Å². The molecular weight excluding hydrogens is 412 g/mol. The van der Waals surface area contributed by atoms with E-state index < -0.39 is 0 Å². The summed E-state index contributed by atoms with van der Waals surface area (Å²) in [5, 5.41) is 4.75. The zero-order valence-corrected chi connectivity index (χ0v) is 19.3. The third-order valence-electron chi connectivity index (χ3n) is 6.04. The largest absolute Gasteiger partial charge is 0.469 e. The minimum atomic E-state index is -0.142. The van der Waals surface area contributed by atoms with Gasteiger partial charge in [-0.05, 0) is 58.0 Å². The number of ether oxygens (including phenoxy) is 3.